The minimum absolute atomic E-state index is 0.0209. The highest BCUT2D eigenvalue weighted by atomic mass is 16.5. The molecule has 74 heavy (non-hydrogen) atoms. The topological polar surface area (TPSA) is 329 Å². The second-order valence-corrected chi connectivity index (χ2v) is 20.5. The van der Waals surface area contributed by atoms with E-state index in [4.69, 9.17) is 15.2 Å². The molecule has 9 N–H and O–H groups in total. The first kappa shape index (κ1) is 64.6. The number of likely N-dealkylation sites (N-methyl/N-ethyl adjacent to an activating group) is 2. The molecule has 0 aromatic rings. The van der Waals surface area contributed by atoms with Crippen LogP contribution in [0.4, 0.5) is 0 Å². The van der Waals surface area contributed by atoms with Crippen molar-refractivity contribution in [3.8, 4) is 0 Å². The number of hydrogen-bond acceptors (Lipinski definition) is 15. The Hall–Kier alpha value is -5.56. The van der Waals surface area contributed by atoms with E-state index < -0.39 is 127 Å². The number of rotatable bonds is 31. The number of carbonyl (C=O) groups is 10. The van der Waals surface area contributed by atoms with Gasteiger partial charge in [0.2, 0.25) is 41.4 Å². The number of carboxylic acid groups (broad SMARTS) is 1. The van der Waals surface area contributed by atoms with Crippen molar-refractivity contribution < 1.29 is 67.6 Å². The van der Waals surface area contributed by atoms with Gasteiger partial charge in [0.1, 0.15) is 24.2 Å². The highest BCUT2D eigenvalue weighted by molar-refractivity contribution is 6.15. The number of aliphatic carboxylic acids is 1. The van der Waals surface area contributed by atoms with Gasteiger partial charge in [0.05, 0.1) is 48.8 Å². The number of hydrogen-bond donors (Lipinski definition) is 8. The van der Waals surface area contributed by atoms with Crippen LogP contribution in [0.5, 0.6) is 0 Å². The maximum absolute atomic E-state index is 14.4. The van der Waals surface area contributed by atoms with Crippen molar-refractivity contribution in [2.24, 2.45) is 29.4 Å². The Labute approximate surface area is 435 Å². The molecule has 2 aliphatic heterocycles. The van der Waals surface area contributed by atoms with Gasteiger partial charge in [-0.25, -0.2) is 0 Å². The Morgan fingerprint density at radius 2 is 1.39 bits per heavy atom. The van der Waals surface area contributed by atoms with E-state index in [0.29, 0.717) is 30.7 Å². The van der Waals surface area contributed by atoms with Gasteiger partial charge >= 0.3 is 5.97 Å². The summed E-state index contributed by atoms with van der Waals surface area (Å²) in [6, 6.07) is -7.81. The van der Waals surface area contributed by atoms with Crippen LogP contribution in [-0.2, 0) is 57.4 Å². The van der Waals surface area contributed by atoms with Crippen molar-refractivity contribution in [2.45, 2.75) is 167 Å². The highest BCUT2D eigenvalue weighted by Gasteiger charge is 2.44. The normalized spacial score (nSPS) is 19.6. The predicted molar refractivity (Wildman–Crippen MR) is 272 cm³/mol. The molecule has 0 aromatic carbocycles. The number of carboxylic acids is 1. The number of imide groups is 1. The molecule has 24 heteroatoms. The molecular weight excluding hydrogens is 965 g/mol. The Morgan fingerprint density at radius 3 is 1.88 bits per heavy atom. The van der Waals surface area contributed by atoms with Crippen LogP contribution in [0.3, 0.4) is 0 Å². The molecule has 1 fully saturated rings. The molecular formula is C50H86N10O14. The summed E-state index contributed by atoms with van der Waals surface area (Å²) in [5, 5.41) is 33.3. The number of carbonyl (C=O) groups excluding carboxylic acids is 9. The van der Waals surface area contributed by atoms with Gasteiger partial charge in [-0.1, -0.05) is 54.9 Å². The lowest BCUT2D eigenvalue weighted by Crippen LogP contribution is -2.60. The van der Waals surface area contributed by atoms with E-state index in [1.54, 1.807) is 23.8 Å². The van der Waals surface area contributed by atoms with Crippen LogP contribution in [0.2, 0.25) is 0 Å². The molecule has 2 rings (SSSR count). The summed E-state index contributed by atoms with van der Waals surface area (Å²) in [6.45, 7) is 15.5. The van der Waals surface area contributed by atoms with E-state index in [-0.39, 0.29) is 55.0 Å². The first-order valence-electron chi connectivity index (χ1n) is 25.5. The zero-order valence-electron chi connectivity index (χ0n) is 45.8. The lowest BCUT2D eigenvalue weighted by atomic mass is 9.89. The van der Waals surface area contributed by atoms with Crippen LogP contribution < -0.4 is 32.3 Å². The first-order valence-corrected chi connectivity index (χ1v) is 25.5. The van der Waals surface area contributed by atoms with Crippen molar-refractivity contribution in [3.63, 3.8) is 0 Å². The average molecular weight is 1050 g/mol. The van der Waals surface area contributed by atoms with Gasteiger partial charge in [0.25, 0.3) is 11.8 Å². The quantitative estimate of drug-likeness (QED) is 0.0375. The molecule has 9 amide bonds. The number of nitrogens with two attached hydrogens (primary N) is 1. The zero-order chi connectivity index (χ0) is 56.5. The van der Waals surface area contributed by atoms with Gasteiger partial charge in [-0.2, -0.15) is 0 Å². The number of amides is 9. The zero-order valence-corrected chi connectivity index (χ0v) is 45.8. The van der Waals surface area contributed by atoms with Gasteiger partial charge < -0.3 is 61.8 Å². The largest absolute Gasteiger partial charge is 0.481 e. The summed E-state index contributed by atoms with van der Waals surface area (Å²) >= 11 is 0. The molecule has 0 aromatic heterocycles. The van der Waals surface area contributed by atoms with Crippen molar-refractivity contribution in [1.82, 2.24) is 46.2 Å². The minimum Gasteiger partial charge on any atom is -0.481 e. The van der Waals surface area contributed by atoms with E-state index in [0.717, 1.165) is 12.2 Å². The fourth-order valence-corrected chi connectivity index (χ4v) is 9.71. The number of ether oxygens (including phenoxy) is 2. The van der Waals surface area contributed by atoms with E-state index in [1.807, 2.05) is 60.5 Å². The Kier molecular flexibility index (Phi) is 26.3. The van der Waals surface area contributed by atoms with Crippen LogP contribution >= 0.6 is 0 Å². The Bertz CT molecular complexity index is 1970. The fraction of sp³-hybridized carbons (Fsp3) is 0.760. The van der Waals surface area contributed by atoms with E-state index in [2.05, 4.69) is 26.6 Å². The third kappa shape index (κ3) is 17.5. The van der Waals surface area contributed by atoms with Crippen molar-refractivity contribution in [2.75, 3.05) is 55.0 Å². The first-order chi connectivity index (χ1) is 34.6. The molecule has 2 aliphatic rings. The molecule has 0 bridgehead atoms. The van der Waals surface area contributed by atoms with Crippen molar-refractivity contribution in [1.29, 1.82) is 0 Å². The number of nitrogens with zero attached hydrogens (tertiary/aromatic N) is 4. The van der Waals surface area contributed by atoms with E-state index in [9.17, 15) is 58.2 Å². The Morgan fingerprint density at radius 1 is 0.797 bits per heavy atom. The number of nitrogens with one attached hydrogen (secondary N) is 5. The summed E-state index contributed by atoms with van der Waals surface area (Å²) in [4.78, 5) is 138. The van der Waals surface area contributed by atoms with E-state index >= 15 is 0 Å². The molecule has 0 spiro atoms. The summed E-state index contributed by atoms with van der Waals surface area (Å²) < 4.78 is 11.9. The third-order valence-corrected chi connectivity index (χ3v) is 13.9. The molecule has 0 aliphatic carbocycles. The molecule has 0 saturated carbocycles. The number of methoxy groups -OCH3 is 2. The van der Waals surface area contributed by atoms with Crippen molar-refractivity contribution in [3.05, 3.63) is 12.2 Å². The summed E-state index contributed by atoms with van der Waals surface area (Å²) in [6.07, 6.45) is -0.613. The fourth-order valence-electron chi connectivity index (χ4n) is 9.71. The van der Waals surface area contributed by atoms with Crippen LogP contribution in [0.1, 0.15) is 101 Å². The smallest absolute Gasteiger partial charge is 0.303 e. The molecule has 2 unspecified atom stereocenters. The van der Waals surface area contributed by atoms with Gasteiger partial charge in [-0.3, -0.25) is 57.7 Å². The molecule has 1 saturated heterocycles. The standard InChI is InChI=1S/C50H86N10O14/c1-15-28(6)43(58(12)50(72)40(26(2)3)55-49(71)42(27(4)5)57(10)11)35(73-13)23-38(64)59-22-16-17-33(59)44(74-14)30(8)45(67)56-41(31(9)61)48(70)54-32(18-21-39(65)66)46(68)53-29(7)25-52-47(69)34(24-51)60-36(62)19-20-37(60)63/h19-20,26-35,40-44,61H,15-18,21-25,51H2,1-14H3,(H,52,69)(H,53,68)(H,54,70)(H,55,71)(H,56,67)(H,65,66)/t28-,29+,30+,31?,32-,33-,34-,35+,40-,41-,42-,43-,44?/m0/s1. The van der Waals surface area contributed by atoms with Gasteiger partial charge in [0.15, 0.2) is 0 Å². The molecule has 0 radical (unpaired) electrons. The molecule has 24 nitrogen and oxygen atoms in total. The van der Waals surface area contributed by atoms with Crippen LogP contribution in [-0.4, -0.2) is 211 Å². The molecule has 13 atom stereocenters. The third-order valence-electron chi connectivity index (χ3n) is 13.9. The monoisotopic (exact) mass is 1050 g/mol. The number of likely N-dealkylation sites (tertiary alicyclic amines) is 1. The summed E-state index contributed by atoms with van der Waals surface area (Å²) in [5.41, 5.74) is 5.68. The lowest BCUT2D eigenvalue weighted by molar-refractivity contribution is -0.148. The molecule has 2 heterocycles. The SMILES string of the molecule is CC[C@H](C)[C@@H]([C@@H](CC(=O)N1CCC[C@H]1C(OC)[C@@H](C)C(=O)N[C@H](C(=O)N[C@@H](CCC(=O)O)C(=O)N[C@H](C)CNC(=O)[C@H](CN)N1C(=O)C=CC1=O)C(C)O)OC)N(C)C(=O)[C@@H](NC(=O)[C@H](C(C)C)N(C)C)C(C)C. The predicted octanol–water partition coefficient (Wildman–Crippen LogP) is -1.28. The second-order valence-electron chi connectivity index (χ2n) is 20.5. The van der Waals surface area contributed by atoms with Crippen LogP contribution in [0.25, 0.3) is 0 Å². The van der Waals surface area contributed by atoms with Crippen molar-refractivity contribution >= 4 is 59.1 Å². The average Bonchev–Trinajstić information content (AvgIpc) is 3.95. The summed E-state index contributed by atoms with van der Waals surface area (Å²) in [5.74, 6) is -8.43. The van der Waals surface area contributed by atoms with Gasteiger partial charge in [0, 0.05) is 65.5 Å². The number of aliphatic hydroxyl groups excluding tert-OH is 1. The summed E-state index contributed by atoms with van der Waals surface area (Å²) in [7, 11) is 8.15. The van der Waals surface area contributed by atoms with Gasteiger partial charge in [-0.15, -0.1) is 0 Å². The highest BCUT2D eigenvalue weighted by Crippen LogP contribution is 2.30. The second kappa shape index (κ2) is 30.1. The Balaban J connectivity index is 2.25. The van der Waals surface area contributed by atoms with E-state index in [1.165, 1.54) is 28.1 Å². The van der Waals surface area contributed by atoms with Gasteiger partial charge in [-0.05, 0) is 65.0 Å². The molecule has 420 valence electrons. The van der Waals surface area contributed by atoms with Crippen LogP contribution in [0, 0.1) is 23.7 Å². The lowest BCUT2D eigenvalue weighted by Gasteiger charge is -2.41. The van der Waals surface area contributed by atoms with Crippen LogP contribution in [0.15, 0.2) is 12.2 Å². The number of aliphatic hydroxyl groups is 1. The minimum atomic E-state index is -1.65. The maximum Gasteiger partial charge on any atom is 0.303 e. The maximum atomic E-state index is 14.4.